The summed E-state index contributed by atoms with van der Waals surface area (Å²) in [6.07, 6.45) is 3.91. The third-order valence-corrected chi connectivity index (χ3v) is 4.92. The maximum Gasteiger partial charge on any atom is 0.138 e. The van der Waals surface area contributed by atoms with Crippen molar-refractivity contribution in [2.24, 2.45) is 0 Å². The lowest BCUT2D eigenvalue weighted by Gasteiger charge is -2.19. The standard InChI is InChI=1S/C22H19N3O/c1-2-6-15(7-3-1)13-26-14-20-18-12-24-22-21(18)17(10-11-23-22)16-8-4-5-9-19(16)25-20/h1-12,20,25H,13-14H2,(H,23,24). The lowest BCUT2D eigenvalue weighted by atomic mass is 10.0. The number of para-hydroxylation sites is 1. The van der Waals surface area contributed by atoms with Crippen molar-refractivity contribution in [3.8, 4) is 11.1 Å². The van der Waals surface area contributed by atoms with Gasteiger partial charge < -0.3 is 15.0 Å². The van der Waals surface area contributed by atoms with Gasteiger partial charge in [-0.1, -0.05) is 48.5 Å². The summed E-state index contributed by atoms with van der Waals surface area (Å²) >= 11 is 0. The molecule has 0 amide bonds. The Bertz CT molecular complexity index is 1060. The van der Waals surface area contributed by atoms with Crippen LogP contribution in [0.15, 0.2) is 73.1 Å². The molecule has 3 heterocycles. The van der Waals surface area contributed by atoms with Gasteiger partial charge in [0.15, 0.2) is 0 Å². The summed E-state index contributed by atoms with van der Waals surface area (Å²) in [7, 11) is 0. The maximum atomic E-state index is 6.05. The highest BCUT2D eigenvalue weighted by molar-refractivity contribution is 6.00. The SMILES string of the molecule is c1ccc(COCC2Nc3ccccc3-c3ccnc4[nH]cc2c34)cc1. The van der Waals surface area contributed by atoms with Gasteiger partial charge in [-0.3, -0.25) is 0 Å². The zero-order valence-corrected chi connectivity index (χ0v) is 14.3. The summed E-state index contributed by atoms with van der Waals surface area (Å²) < 4.78 is 6.05. The van der Waals surface area contributed by atoms with Crippen LogP contribution in [0.5, 0.6) is 0 Å². The van der Waals surface area contributed by atoms with Crippen molar-refractivity contribution in [1.29, 1.82) is 0 Å². The number of nitrogens with one attached hydrogen (secondary N) is 2. The predicted molar refractivity (Wildman–Crippen MR) is 104 cm³/mol. The summed E-state index contributed by atoms with van der Waals surface area (Å²) in [5.41, 5.74) is 6.84. The largest absolute Gasteiger partial charge is 0.375 e. The van der Waals surface area contributed by atoms with Gasteiger partial charge >= 0.3 is 0 Å². The first-order valence-corrected chi connectivity index (χ1v) is 8.84. The monoisotopic (exact) mass is 341 g/mol. The molecule has 2 N–H and O–H groups in total. The average Bonchev–Trinajstić information content (AvgIpc) is 3.07. The molecule has 2 aromatic heterocycles. The van der Waals surface area contributed by atoms with Gasteiger partial charge in [0, 0.05) is 34.6 Å². The Morgan fingerprint density at radius 2 is 1.77 bits per heavy atom. The molecule has 0 bridgehead atoms. The van der Waals surface area contributed by atoms with Crippen LogP contribution < -0.4 is 5.32 Å². The van der Waals surface area contributed by atoms with Crippen molar-refractivity contribution >= 4 is 16.7 Å². The van der Waals surface area contributed by atoms with Gasteiger partial charge in [-0.25, -0.2) is 4.98 Å². The van der Waals surface area contributed by atoms with Gasteiger partial charge in [0.25, 0.3) is 0 Å². The van der Waals surface area contributed by atoms with Crippen molar-refractivity contribution < 1.29 is 4.74 Å². The zero-order valence-electron chi connectivity index (χ0n) is 14.3. The number of H-pyrrole nitrogens is 1. The van der Waals surface area contributed by atoms with Crippen molar-refractivity contribution in [2.75, 3.05) is 11.9 Å². The molecule has 0 saturated heterocycles. The molecular weight excluding hydrogens is 322 g/mol. The quantitative estimate of drug-likeness (QED) is 0.554. The molecule has 4 nitrogen and oxygen atoms in total. The summed E-state index contributed by atoms with van der Waals surface area (Å²) in [6.45, 7) is 1.19. The van der Waals surface area contributed by atoms with E-state index in [1.807, 2.05) is 24.4 Å². The highest BCUT2D eigenvalue weighted by Crippen LogP contribution is 2.41. The van der Waals surface area contributed by atoms with Crippen LogP contribution in [0, 0.1) is 0 Å². The Labute approximate surface area is 151 Å². The van der Waals surface area contributed by atoms with E-state index in [9.17, 15) is 0 Å². The summed E-state index contributed by atoms with van der Waals surface area (Å²) in [5, 5.41) is 4.84. The van der Waals surface area contributed by atoms with Crippen LogP contribution in [0.3, 0.4) is 0 Å². The van der Waals surface area contributed by atoms with E-state index in [2.05, 4.69) is 63.9 Å². The number of aromatic amines is 1. The molecule has 1 unspecified atom stereocenters. The number of anilines is 1. The molecule has 4 heteroatoms. The van der Waals surface area contributed by atoms with E-state index in [1.165, 1.54) is 27.6 Å². The fraction of sp³-hybridized carbons (Fsp3) is 0.136. The fourth-order valence-electron chi connectivity index (χ4n) is 3.69. The van der Waals surface area contributed by atoms with E-state index in [-0.39, 0.29) is 6.04 Å². The van der Waals surface area contributed by atoms with Gasteiger partial charge in [0.1, 0.15) is 5.65 Å². The first-order chi connectivity index (χ1) is 12.9. The van der Waals surface area contributed by atoms with Gasteiger partial charge in [-0.2, -0.15) is 0 Å². The molecular formula is C22H19N3O. The van der Waals surface area contributed by atoms with Crippen molar-refractivity contribution in [3.05, 3.63) is 84.2 Å². The maximum absolute atomic E-state index is 6.05. The average molecular weight is 341 g/mol. The molecule has 128 valence electrons. The topological polar surface area (TPSA) is 49.9 Å². The van der Waals surface area contributed by atoms with Gasteiger partial charge in [-0.15, -0.1) is 0 Å². The second kappa shape index (κ2) is 6.32. The molecule has 2 aromatic carbocycles. The van der Waals surface area contributed by atoms with Crippen LogP contribution in [-0.2, 0) is 11.3 Å². The minimum absolute atomic E-state index is 0.0686. The number of ether oxygens (including phenoxy) is 1. The second-order valence-electron chi connectivity index (χ2n) is 6.57. The molecule has 1 atom stereocenters. The van der Waals surface area contributed by atoms with E-state index in [4.69, 9.17) is 4.74 Å². The lowest BCUT2D eigenvalue weighted by Crippen LogP contribution is -2.16. The first-order valence-electron chi connectivity index (χ1n) is 8.84. The minimum atomic E-state index is 0.0686. The van der Waals surface area contributed by atoms with E-state index in [1.54, 1.807) is 0 Å². The van der Waals surface area contributed by atoms with Crippen LogP contribution in [0.2, 0.25) is 0 Å². The highest BCUT2D eigenvalue weighted by Gasteiger charge is 2.24. The molecule has 1 aliphatic heterocycles. The number of hydrogen-bond donors (Lipinski definition) is 2. The van der Waals surface area contributed by atoms with Crippen molar-refractivity contribution in [2.45, 2.75) is 12.6 Å². The smallest absolute Gasteiger partial charge is 0.138 e. The summed E-state index contributed by atoms with van der Waals surface area (Å²) in [6, 6.07) is 20.8. The predicted octanol–water partition coefficient (Wildman–Crippen LogP) is 4.91. The fourth-order valence-corrected chi connectivity index (χ4v) is 3.69. The molecule has 0 aliphatic carbocycles. The van der Waals surface area contributed by atoms with E-state index in [0.717, 1.165) is 11.3 Å². The lowest BCUT2D eigenvalue weighted by molar-refractivity contribution is 0.112. The summed E-state index contributed by atoms with van der Waals surface area (Å²) in [5.74, 6) is 0. The number of benzene rings is 2. The van der Waals surface area contributed by atoms with Crippen LogP contribution >= 0.6 is 0 Å². The molecule has 5 rings (SSSR count). The Hall–Kier alpha value is -3.11. The number of aromatic nitrogens is 2. The zero-order chi connectivity index (χ0) is 17.3. The third kappa shape index (κ3) is 2.55. The van der Waals surface area contributed by atoms with Gasteiger partial charge in [-0.05, 0) is 23.3 Å². The molecule has 0 saturated carbocycles. The molecule has 0 radical (unpaired) electrons. The number of nitrogens with zero attached hydrogens (tertiary/aromatic N) is 1. The molecule has 0 spiro atoms. The summed E-state index contributed by atoms with van der Waals surface area (Å²) in [4.78, 5) is 7.81. The number of pyridine rings is 1. The number of hydrogen-bond acceptors (Lipinski definition) is 3. The van der Waals surface area contributed by atoms with E-state index < -0.39 is 0 Å². The Morgan fingerprint density at radius 3 is 2.69 bits per heavy atom. The van der Waals surface area contributed by atoms with Crippen molar-refractivity contribution in [1.82, 2.24) is 9.97 Å². The van der Waals surface area contributed by atoms with Crippen LogP contribution in [0.1, 0.15) is 17.2 Å². The van der Waals surface area contributed by atoms with Crippen molar-refractivity contribution in [3.63, 3.8) is 0 Å². The van der Waals surface area contributed by atoms with E-state index >= 15 is 0 Å². The molecule has 4 aromatic rings. The van der Waals surface area contributed by atoms with Gasteiger partial charge in [0.2, 0.25) is 0 Å². The van der Waals surface area contributed by atoms with E-state index in [0.29, 0.717) is 13.2 Å². The number of fused-ring (bicyclic) bond motifs is 2. The highest BCUT2D eigenvalue weighted by atomic mass is 16.5. The minimum Gasteiger partial charge on any atom is -0.375 e. The van der Waals surface area contributed by atoms with Crippen LogP contribution in [0.4, 0.5) is 5.69 Å². The third-order valence-electron chi connectivity index (χ3n) is 4.92. The van der Waals surface area contributed by atoms with Gasteiger partial charge in [0.05, 0.1) is 19.3 Å². The van der Waals surface area contributed by atoms with Crippen LogP contribution in [0.25, 0.3) is 22.2 Å². The normalized spacial score (nSPS) is 15.3. The molecule has 0 fully saturated rings. The molecule has 26 heavy (non-hydrogen) atoms. The molecule has 1 aliphatic rings. The van der Waals surface area contributed by atoms with Crippen LogP contribution in [-0.4, -0.2) is 16.6 Å². The Balaban J connectivity index is 1.51. The second-order valence-corrected chi connectivity index (χ2v) is 6.57. The Kier molecular flexibility index (Phi) is 3.68. The number of rotatable bonds is 4. The Morgan fingerprint density at radius 1 is 0.923 bits per heavy atom. The first kappa shape index (κ1) is 15.2.